The zero-order valence-corrected chi connectivity index (χ0v) is 13.2. The molecule has 20 heavy (non-hydrogen) atoms. The van der Waals surface area contributed by atoms with Crippen LogP contribution in [0.4, 0.5) is 0 Å². The summed E-state index contributed by atoms with van der Waals surface area (Å²) in [6.45, 7) is 1.37. The zero-order chi connectivity index (χ0) is 12.1. The predicted octanol–water partition coefficient (Wildman–Crippen LogP) is 3.72. The summed E-state index contributed by atoms with van der Waals surface area (Å²) in [5.41, 5.74) is 0. The monoisotopic (exact) mass is 293 g/mol. The summed E-state index contributed by atoms with van der Waals surface area (Å²) in [5.74, 6) is 10.5. The summed E-state index contributed by atoms with van der Waals surface area (Å²) >= 11 is 0. The Bertz CT molecular complexity index is 412. The predicted molar refractivity (Wildman–Crippen MR) is 82.8 cm³/mol. The summed E-state index contributed by atoms with van der Waals surface area (Å²) < 4.78 is 0. The van der Waals surface area contributed by atoms with E-state index >= 15 is 0 Å². The van der Waals surface area contributed by atoms with Gasteiger partial charge in [0.2, 0.25) is 0 Å². The summed E-state index contributed by atoms with van der Waals surface area (Å²) in [6, 6.07) is 0.976. The first kappa shape index (κ1) is 12.8. The van der Waals surface area contributed by atoms with Crippen molar-refractivity contribution in [2.45, 2.75) is 51.0 Å². The Kier molecular flexibility index (Phi) is 2.66. The highest BCUT2D eigenvalue weighted by atomic mass is 35.5. The minimum absolute atomic E-state index is 0. The van der Waals surface area contributed by atoms with Gasteiger partial charge in [-0.05, 0) is 85.5 Å². The molecule has 0 unspecified atom stereocenters. The first-order chi connectivity index (χ1) is 9.43. The molecule has 6 fully saturated rings. The van der Waals surface area contributed by atoms with Crippen LogP contribution in [0.15, 0.2) is 0 Å². The fourth-order valence-corrected chi connectivity index (χ4v) is 8.44. The third kappa shape index (κ3) is 1.28. The van der Waals surface area contributed by atoms with Crippen molar-refractivity contribution in [1.82, 2.24) is 5.32 Å². The molecule has 0 aromatic rings. The molecule has 0 aromatic heterocycles. The third-order valence-corrected chi connectivity index (χ3v) is 8.69. The van der Waals surface area contributed by atoms with Crippen molar-refractivity contribution in [3.63, 3.8) is 0 Å². The molecule has 6 aliphatic rings. The molecule has 9 atom stereocenters. The molecule has 112 valence electrons. The van der Waals surface area contributed by atoms with Crippen molar-refractivity contribution in [2.24, 2.45) is 53.3 Å². The molecule has 0 spiro atoms. The molecule has 0 aliphatic heterocycles. The lowest BCUT2D eigenvalue weighted by Gasteiger charge is -2.48. The maximum atomic E-state index is 4.13. The van der Waals surface area contributed by atoms with Crippen molar-refractivity contribution in [3.05, 3.63) is 0 Å². The molecule has 6 saturated carbocycles. The molecular formula is C18H28ClN. The number of fused-ring (bicyclic) bond motifs is 2. The van der Waals surface area contributed by atoms with E-state index in [9.17, 15) is 0 Å². The molecule has 0 heterocycles. The Hall–Kier alpha value is 0.250. The smallest absolute Gasteiger partial charge is 0.0135 e. The molecule has 0 amide bonds. The third-order valence-electron chi connectivity index (χ3n) is 8.69. The quantitative estimate of drug-likeness (QED) is 0.836. The summed E-state index contributed by atoms with van der Waals surface area (Å²) in [4.78, 5) is 0. The molecule has 2 bridgehead atoms. The van der Waals surface area contributed by atoms with Crippen LogP contribution in [0.2, 0.25) is 0 Å². The molecule has 1 nitrogen and oxygen atoms in total. The Balaban J connectivity index is 0.000000960. The van der Waals surface area contributed by atoms with Crippen LogP contribution in [0.1, 0.15) is 44.9 Å². The van der Waals surface area contributed by atoms with Crippen LogP contribution in [-0.4, -0.2) is 12.6 Å². The van der Waals surface area contributed by atoms with Crippen LogP contribution >= 0.6 is 12.4 Å². The van der Waals surface area contributed by atoms with Gasteiger partial charge in [-0.25, -0.2) is 0 Å². The summed E-state index contributed by atoms with van der Waals surface area (Å²) in [6.07, 6.45) is 10.8. The fraction of sp³-hybridized carbons (Fsp3) is 1.00. The Morgan fingerprint density at radius 2 is 1.40 bits per heavy atom. The van der Waals surface area contributed by atoms with Crippen LogP contribution in [0, 0.1) is 53.3 Å². The van der Waals surface area contributed by atoms with Gasteiger partial charge < -0.3 is 5.32 Å². The lowest BCUT2D eigenvalue weighted by molar-refractivity contribution is 0.00876. The van der Waals surface area contributed by atoms with E-state index in [2.05, 4.69) is 5.32 Å². The van der Waals surface area contributed by atoms with Crippen LogP contribution in [-0.2, 0) is 0 Å². The van der Waals surface area contributed by atoms with Crippen LogP contribution in [0.25, 0.3) is 0 Å². The Labute approximate surface area is 129 Å². The lowest BCUT2D eigenvalue weighted by atomic mass is 9.59. The Morgan fingerprint density at radius 1 is 0.700 bits per heavy atom. The number of hydrogen-bond acceptors (Lipinski definition) is 1. The van der Waals surface area contributed by atoms with E-state index in [1.807, 2.05) is 0 Å². The maximum absolute atomic E-state index is 4.13. The molecule has 1 N–H and O–H groups in total. The van der Waals surface area contributed by atoms with E-state index in [4.69, 9.17) is 0 Å². The van der Waals surface area contributed by atoms with Crippen LogP contribution < -0.4 is 5.32 Å². The van der Waals surface area contributed by atoms with E-state index in [1.165, 1.54) is 74.2 Å². The second-order valence-corrected chi connectivity index (χ2v) is 8.87. The maximum Gasteiger partial charge on any atom is 0.0135 e. The van der Waals surface area contributed by atoms with Crippen molar-refractivity contribution in [3.8, 4) is 0 Å². The van der Waals surface area contributed by atoms with Crippen molar-refractivity contribution < 1.29 is 0 Å². The van der Waals surface area contributed by atoms with E-state index in [-0.39, 0.29) is 12.4 Å². The van der Waals surface area contributed by atoms with Gasteiger partial charge in [-0.3, -0.25) is 0 Å². The van der Waals surface area contributed by atoms with Crippen molar-refractivity contribution in [1.29, 1.82) is 0 Å². The van der Waals surface area contributed by atoms with Crippen molar-refractivity contribution in [2.75, 3.05) is 6.54 Å². The summed E-state index contributed by atoms with van der Waals surface area (Å²) in [7, 11) is 0. The molecule has 0 aromatic carbocycles. The largest absolute Gasteiger partial charge is 0.313 e. The highest BCUT2D eigenvalue weighted by Gasteiger charge is 2.80. The zero-order valence-electron chi connectivity index (χ0n) is 12.3. The van der Waals surface area contributed by atoms with Crippen LogP contribution in [0.5, 0.6) is 0 Å². The minimum atomic E-state index is 0. The number of halogens is 1. The fourth-order valence-electron chi connectivity index (χ4n) is 8.44. The normalized spacial score (nSPS) is 60.9. The van der Waals surface area contributed by atoms with Crippen LogP contribution in [0.3, 0.4) is 0 Å². The van der Waals surface area contributed by atoms with Gasteiger partial charge in [0.1, 0.15) is 0 Å². The SMILES string of the molecule is C1CCC(CN[C@H]2[C@@H]3[C@H]4C[C@H]5[C@@H]3C[C@@H]3[C@@H]5[C@H]4[C@H]32)CC1.Cl. The number of rotatable bonds is 3. The molecule has 2 heteroatoms. The van der Waals surface area contributed by atoms with Gasteiger partial charge in [-0.1, -0.05) is 19.3 Å². The average Bonchev–Trinajstić information content (AvgIpc) is 2.96. The van der Waals surface area contributed by atoms with Gasteiger partial charge in [-0.2, -0.15) is 0 Å². The number of hydrogen-bond donors (Lipinski definition) is 1. The molecule has 0 saturated heterocycles. The first-order valence-electron chi connectivity index (χ1n) is 9.17. The molecular weight excluding hydrogens is 266 g/mol. The van der Waals surface area contributed by atoms with Gasteiger partial charge in [-0.15, -0.1) is 12.4 Å². The standard InChI is InChI=1S/C18H27N.ClH/c1-2-4-9(5-3-1)8-19-18-15-11-7-12-14-10(11)6-13(15)16(14)17(12)18;/h9-19H,1-8H2;1H/t10-,11-,12+,13+,14+,15-,16-,17-,18-;/m0./s1. The van der Waals surface area contributed by atoms with Gasteiger partial charge in [0.25, 0.3) is 0 Å². The highest BCUT2D eigenvalue weighted by molar-refractivity contribution is 5.85. The second-order valence-electron chi connectivity index (χ2n) is 8.87. The van der Waals surface area contributed by atoms with Gasteiger partial charge in [0.05, 0.1) is 0 Å². The van der Waals surface area contributed by atoms with Gasteiger partial charge in [0, 0.05) is 6.04 Å². The van der Waals surface area contributed by atoms with E-state index in [0.717, 1.165) is 23.8 Å². The lowest BCUT2D eigenvalue weighted by Crippen LogP contribution is -2.52. The molecule has 6 aliphatic carbocycles. The van der Waals surface area contributed by atoms with E-state index in [1.54, 1.807) is 12.8 Å². The highest BCUT2D eigenvalue weighted by Crippen LogP contribution is 2.82. The molecule has 0 radical (unpaired) electrons. The average molecular weight is 294 g/mol. The van der Waals surface area contributed by atoms with Gasteiger partial charge >= 0.3 is 0 Å². The van der Waals surface area contributed by atoms with E-state index < -0.39 is 0 Å². The minimum Gasteiger partial charge on any atom is -0.313 e. The molecule has 6 rings (SSSR count). The topological polar surface area (TPSA) is 12.0 Å². The van der Waals surface area contributed by atoms with Crippen molar-refractivity contribution >= 4 is 12.4 Å². The second kappa shape index (κ2) is 4.16. The van der Waals surface area contributed by atoms with Gasteiger partial charge in [0.15, 0.2) is 0 Å². The number of nitrogens with one attached hydrogen (secondary N) is 1. The Morgan fingerprint density at radius 3 is 2.20 bits per heavy atom. The first-order valence-corrected chi connectivity index (χ1v) is 9.17. The summed E-state index contributed by atoms with van der Waals surface area (Å²) in [5, 5.41) is 4.13. The van der Waals surface area contributed by atoms with E-state index in [0.29, 0.717) is 0 Å².